The van der Waals surface area contributed by atoms with Crippen molar-refractivity contribution in [3.63, 3.8) is 0 Å². The van der Waals surface area contributed by atoms with Gasteiger partial charge in [-0.15, -0.1) is 0 Å². The first-order valence-corrected chi connectivity index (χ1v) is 7.29. The summed E-state index contributed by atoms with van der Waals surface area (Å²) in [4.78, 5) is 2.48. The van der Waals surface area contributed by atoms with Gasteiger partial charge in [-0.2, -0.15) is 0 Å². The van der Waals surface area contributed by atoms with Crippen LogP contribution in [-0.2, 0) is 4.74 Å². The van der Waals surface area contributed by atoms with Crippen molar-refractivity contribution in [1.29, 1.82) is 0 Å². The lowest BCUT2D eigenvalue weighted by molar-refractivity contribution is 0.153. The van der Waals surface area contributed by atoms with Crippen LogP contribution in [0.3, 0.4) is 0 Å². The summed E-state index contributed by atoms with van der Waals surface area (Å²) < 4.78 is 5.22. The highest BCUT2D eigenvalue weighted by Crippen LogP contribution is 2.21. The van der Waals surface area contributed by atoms with Crippen molar-refractivity contribution >= 4 is 11.6 Å². The summed E-state index contributed by atoms with van der Waals surface area (Å²) in [5.41, 5.74) is 7.35. The van der Waals surface area contributed by atoms with Crippen molar-refractivity contribution in [2.24, 2.45) is 11.7 Å². The molecule has 0 spiro atoms. The molecule has 4 heteroatoms. The number of rotatable bonds is 6. The molecule has 0 saturated carbocycles. The molecule has 1 aliphatic rings. The fourth-order valence-electron chi connectivity index (χ4n) is 2.71. The molecular formula is C15H23ClN2O. The average Bonchev–Trinajstić information content (AvgIpc) is 2.84. The van der Waals surface area contributed by atoms with E-state index in [-0.39, 0.29) is 6.04 Å². The predicted molar refractivity (Wildman–Crippen MR) is 79.4 cm³/mol. The number of methoxy groups -OCH3 is 1. The van der Waals surface area contributed by atoms with Crippen molar-refractivity contribution < 1.29 is 4.74 Å². The number of hydrogen-bond acceptors (Lipinski definition) is 3. The third kappa shape index (κ3) is 4.46. The van der Waals surface area contributed by atoms with Gasteiger partial charge in [-0.25, -0.2) is 0 Å². The summed E-state index contributed by atoms with van der Waals surface area (Å²) >= 11 is 5.99. The minimum atomic E-state index is 0.0696. The largest absolute Gasteiger partial charge is 0.384 e. The summed E-state index contributed by atoms with van der Waals surface area (Å²) in [6.07, 6.45) is 2.21. The fraction of sp³-hybridized carbons (Fsp3) is 0.600. The van der Waals surface area contributed by atoms with Crippen LogP contribution in [0.5, 0.6) is 0 Å². The SMILES string of the molecule is COCC1CCN(CCC(N)c2cccc(Cl)c2)C1. The average molecular weight is 283 g/mol. The molecule has 2 atom stereocenters. The Bertz CT molecular complexity index is 399. The number of nitrogens with zero attached hydrogens (tertiary/aromatic N) is 1. The fourth-order valence-corrected chi connectivity index (χ4v) is 2.91. The molecule has 2 unspecified atom stereocenters. The Labute approximate surface area is 120 Å². The monoisotopic (exact) mass is 282 g/mol. The maximum Gasteiger partial charge on any atom is 0.0503 e. The van der Waals surface area contributed by atoms with Crippen LogP contribution in [0.25, 0.3) is 0 Å². The van der Waals surface area contributed by atoms with Gasteiger partial charge < -0.3 is 15.4 Å². The van der Waals surface area contributed by atoms with Crippen LogP contribution in [0.2, 0.25) is 5.02 Å². The van der Waals surface area contributed by atoms with Crippen LogP contribution < -0.4 is 5.73 Å². The second kappa shape index (κ2) is 7.25. The molecule has 1 fully saturated rings. The van der Waals surface area contributed by atoms with E-state index in [1.807, 2.05) is 24.3 Å². The van der Waals surface area contributed by atoms with E-state index in [0.717, 1.165) is 43.2 Å². The smallest absolute Gasteiger partial charge is 0.0503 e. The molecule has 2 rings (SSSR count). The minimum Gasteiger partial charge on any atom is -0.384 e. The molecule has 0 aromatic heterocycles. The van der Waals surface area contributed by atoms with E-state index >= 15 is 0 Å². The van der Waals surface area contributed by atoms with Gasteiger partial charge in [-0.05, 0) is 49.5 Å². The van der Waals surface area contributed by atoms with Gasteiger partial charge in [0.1, 0.15) is 0 Å². The lowest BCUT2D eigenvalue weighted by Crippen LogP contribution is -2.26. The number of likely N-dealkylation sites (tertiary alicyclic amines) is 1. The van der Waals surface area contributed by atoms with Crippen molar-refractivity contribution in [1.82, 2.24) is 4.90 Å². The summed E-state index contributed by atoms with van der Waals surface area (Å²) in [7, 11) is 1.78. The molecule has 3 nitrogen and oxygen atoms in total. The van der Waals surface area contributed by atoms with Crippen LogP contribution in [0, 0.1) is 5.92 Å². The third-order valence-electron chi connectivity index (χ3n) is 3.81. The Kier molecular flexibility index (Phi) is 5.64. The van der Waals surface area contributed by atoms with E-state index in [9.17, 15) is 0 Å². The topological polar surface area (TPSA) is 38.5 Å². The normalized spacial score (nSPS) is 21.7. The van der Waals surface area contributed by atoms with Gasteiger partial charge in [-0.1, -0.05) is 23.7 Å². The van der Waals surface area contributed by atoms with Gasteiger partial charge >= 0.3 is 0 Å². The first kappa shape index (κ1) is 14.8. The van der Waals surface area contributed by atoms with Crippen molar-refractivity contribution in [3.05, 3.63) is 34.9 Å². The summed E-state index contributed by atoms with van der Waals surface area (Å²) in [5.74, 6) is 0.687. The Balaban J connectivity index is 1.76. The van der Waals surface area contributed by atoms with E-state index < -0.39 is 0 Å². The van der Waals surface area contributed by atoms with Gasteiger partial charge in [0, 0.05) is 24.7 Å². The second-order valence-corrected chi connectivity index (χ2v) is 5.80. The lowest BCUT2D eigenvalue weighted by atomic mass is 10.0. The maximum absolute atomic E-state index is 6.23. The highest BCUT2D eigenvalue weighted by Gasteiger charge is 2.22. The van der Waals surface area contributed by atoms with Crippen molar-refractivity contribution in [2.45, 2.75) is 18.9 Å². The van der Waals surface area contributed by atoms with Gasteiger partial charge in [0.2, 0.25) is 0 Å². The molecule has 1 heterocycles. The Morgan fingerprint density at radius 2 is 2.37 bits per heavy atom. The number of nitrogens with two attached hydrogens (primary N) is 1. The first-order chi connectivity index (χ1) is 9.19. The van der Waals surface area contributed by atoms with E-state index in [2.05, 4.69) is 4.90 Å². The van der Waals surface area contributed by atoms with Crippen LogP contribution in [0.15, 0.2) is 24.3 Å². The minimum absolute atomic E-state index is 0.0696. The molecule has 0 bridgehead atoms. The summed E-state index contributed by atoms with van der Waals surface area (Å²) in [5, 5.41) is 0.759. The molecular weight excluding hydrogens is 260 g/mol. The number of benzene rings is 1. The zero-order valence-electron chi connectivity index (χ0n) is 11.5. The zero-order valence-corrected chi connectivity index (χ0v) is 12.3. The zero-order chi connectivity index (χ0) is 13.7. The predicted octanol–water partition coefficient (Wildman–Crippen LogP) is 2.70. The number of hydrogen-bond donors (Lipinski definition) is 1. The molecule has 1 saturated heterocycles. The second-order valence-electron chi connectivity index (χ2n) is 5.36. The van der Waals surface area contributed by atoms with E-state index in [1.54, 1.807) is 7.11 Å². The Morgan fingerprint density at radius 3 is 3.11 bits per heavy atom. The number of halogens is 1. The maximum atomic E-state index is 6.23. The molecule has 2 N–H and O–H groups in total. The van der Waals surface area contributed by atoms with Crippen LogP contribution in [0.1, 0.15) is 24.4 Å². The molecule has 1 aliphatic heterocycles. The van der Waals surface area contributed by atoms with E-state index in [4.69, 9.17) is 22.1 Å². The lowest BCUT2D eigenvalue weighted by Gasteiger charge is -2.19. The highest BCUT2D eigenvalue weighted by molar-refractivity contribution is 6.30. The van der Waals surface area contributed by atoms with Crippen LogP contribution in [-0.4, -0.2) is 38.3 Å². The van der Waals surface area contributed by atoms with E-state index in [0.29, 0.717) is 5.92 Å². The van der Waals surface area contributed by atoms with E-state index in [1.165, 1.54) is 6.42 Å². The van der Waals surface area contributed by atoms with Gasteiger partial charge in [0.15, 0.2) is 0 Å². The van der Waals surface area contributed by atoms with Crippen LogP contribution >= 0.6 is 11.6 Å². The Hall–Kier alpha value is -0.610. The summed E-state index contributed by atoms with van der Waals surface area (Å²) in [6.45, 7) is 4.22. The first-order valence-electron chi connectivity index (χ1n) is 6.91. The Morgan fingerprint density at radius 1 is 1.53 bits per heavy atom. The van der Waals surface area contributed by atoms with Gasteiger partial charge in [0.05, 0.1) is 6.61 Å². The number of ether oxygens (including phenoxy) is 1. The molecule has 1 aromatic carbocycles. The summed E-state index contributed by atoms with van der Waals surface area (Å²) in [6, 6.07) is 7.92. The van der Waals surface area contributed by atoms with Crippen molar-refractivity contribution in [2.75, 3.05) is 33.4 Å². The highest BCUT2D eigenvalue weighted by atomic mass is 35.5. The molecule has 0 aliphatic carbocycles. The molecule has 0 radical (unpaired) electrons. The third-order valence-corrected chi connectivity index (χ3v) is 4.04. The molecule has 0 amide bonds. The quantitative estimate of drug-likeness (QED) is 0.872. The van der Waals surface area contributed by atoms with Gasteiger partial charge in [0.25, 0.3) is 0 Å². The molecule has 106 valence electrons. The molecule has 19 heavy (non-hydrogen) atoms. The van der Waals surface area contributed by atoms with Gasteiger partial charge in [-0.3, -0.25) is 0 Å². The van der Waals surface area contributed by atoms with Crippen molar-refractivity contribution in [3.8, 4) is 0 Å². The van der Waals surface area contributed by atoms with Crippen LogP contribution in [0.4, 0.5) is 0 Å². The standard InChI is InChI=1S/C15H23ClN2O/c1-19-11-12-5-7-18(10-12)8-6-15(17)13-3-2-4-14(16)9-13/h2-4,9,12,15H,5-8,10-11,17H2,1H3. The molecule has 1 aromatic rings.